The highest BCUT2D eigenvalue weighted by Crippen LogP contribution is 2.32. The molecule has 2 aromatic heterocycles. The third-order valence-corrected chi connectivity index (χ3v) is 7.38. The summed E-state index contributed by atoms with van der Waals surface area (Å²) in [5, 5.41) is 12.8. The van der Waals surface area contributed by atoms with E-state index in [9.17, 15) is 4.79 Å². The van der Waals surface area contributed by atoms with E-state index in [1.54, 1.807) is 0 Å². The summed E-state index contributed by atoms with van der Waals surface area (Å²) in [6.07, 6.45) is 0.587. The van der Waals surface area contributed by atoms with Crippen molar-refractivity contribution in [3.8, 4) is 0 Å². The number of aromatic nitrogens is 1. The van der Waals surface area contributed by atoms with E-state index in [0.717, 1.165) is 38.8 Å². The van der Waals surface area contributed by atoms with Crippen LogP contribution in [0.15, 0.2) is 78.2 Å². The number of hydrogen-bond acceptors (Lipinski definition) is 4. The van der Waals surface area contributed by atoms with Gasteiger partial charge < -0.3 is 14.7 Å². The van der Waals surface area contributed by atoms with E-state index in [-0.39, 0.29) is 5.78 Å². The molecule has 0 bridgehead atoms. The fourth-order valence-corrected chi connectivity index (χ4v) is 5.31. The maximum Gasteiger partial charge on any atom is 0.202 e. The van der Waals surface area contributed by atoms with Crippen LogP contribution in [0.25, 0.3) is 21.8 Å². The predicted molar refractivity (Wildman–Crippen MR) is 145 cm³/mol. The predicted octanol–water partition coefficient (Wildman–Crippen LogP) is 7.04. The molecule has 3 aromatic carbocycles. The first-order chi connectivity index (χ1) is 17.1. The monoisotopic (exact) mass is 480 g/mol. The number of ketones is 1. The fraction of sp³-hybridized carbons (Fsp3) is 0.200. The van der Waals surface area contributed by atoms with Gasteiger partial charge in [0.25, 0.3) is 0 Å². The number of rotatable bonds is 9. The molecule has 0 aliphatic heterocycles. The third kappa shape index (κ3) is 4.57. The Morgan fingerprint density at radius 2 is 1.66 bits per heavy atom. The van der Waals surface area contributed by atoms with Crippen LogP contribution in [0.5, 0.6) is 0 Å². The van der Waals surface area contributed by atoms with Crippen LogP contribution in [0.2, 0.25) is 0 Å². The van der Waals surface area contributed by atoms with Crippen molar-refractivity contribution in [2.45, 2.75) is 26.8 Å². The average Bonchev–Trinajstić information content (AvgIpc) is 3.52. The van der Waals surface area contributed by atoms with Gasteiger partial charge in [-0.2, -0.15) is 0 Å². The zero-order valence-electron chi connectivity index (χ0n) is 20.0. The van der Waals surface area contributed by atoms with E-state index >= 15 is 0 Å². The van der Waals surface area contributed by atoms with E-state index in [4.69, 9.17) is 10.1 Å². The molecule has 0 fully saturated rings. The molecular weight excluding hydrogens is 452 g/mol. The molecule has 5 rings (SSSR count). The largest absolute Gasteiger partial charge is 0.380 e. The maximum absolute atomic E-state index is 13.1. The number of thiophene rings is 1. The lowest BCUT2D eigenvalue weighted by molar-refractivity contribution is 0.104. The van der Waals surface area contributed by atoms with Gasteiger partial charge in [0, 0.05) is 52.7 Å². The second-order valence-electron chi connectivity index (χ2n) is 8.70. The second-order valence-corrected chi connectivity index (χ2v) is 9.65. The Labute approximate surface area is 209 Å². The van der Waals surface area contributed by atoms with E-state index < -0.39 is 0 Å². The van der Waals surface area contributed by atoms with E-state index in [0.29, 0.717) is 30.9 Å². The molecule has 0 saturated heterocycles. The summed E-state index contributed by atoms with van der Waals surface area (Å²) in [4.78, 5) is 13.8. The Bertz CT molecular complexity index is 1530. The van der Waals surface area contributed by atoms with Crippen LogP contribution in [-0.2, 0) is 17.7 Å². The first-order valence-corrected chi connectivity index (χ1v) is 12.8. The molecule has 2 heterocycles. The van der Waals surface area contributed by atoms with Crippen molar-refractivity contribution >= 4 is 44.6 Å². The lowest BCUT2D eigenvalue weighted by atomic mass is 9.97. The normalized spacial score (nSPS) is 11.4. The first-order valence-electron chi connectivity index (χ1n) is 11.9. The molecule has 0 spiro atoms. The first kappa shape index (κ1) is 23.2. The molecule has 1 N–H and O–H groups in total. The molecule has 0 atom stereocenters. The molecule has 0 saturated carbocycles. The lowest BCUT2D eigenvalue weighted by Gasteiger charge is -2.09. The van der Waals surface area contributed by atoms with Gasteiger partial charge in [0.2, 0.25) is 5.78 Å². The van der Waals surface area contributed by atoms with E-state index in [1.807, 2.05) is 60.8 Å². The summed E-state index contributed by atoms with van der Waals surface area (Å²) in [5.74, 6) is 0.0422. The van der Waals surface area contributed by atoms with Crippen LogP contribution < -0.4 is 0 Å². The van der Waals surface area contributed by atoms with Gasteiger partial charge in [-0.15, -0.1) is 11.3 Å². The van der Waals surface area contributed by atoms with Gasteiger partial charge in [0.05, 0.1) is 11.5 Å². The minimum absolute atomic E-state index is 0.0422. The highest BCUT2D eigenvalue weighted by molar-refractivity contribution is 7.12. The quantitative estimate of drug-likeness (QED) is 0.140. The van der Waals surface area contributed by atoms with E-state index in [2.05, 4.69) is 35.8 Å². The highest BCUT2D eigenvalue weighted by atomic mass is 32.1. The van der Waals surface area contributed by atoms with Gasteiger partial charge in [-0.3, -0.25) is 4.79 Å². The number of benzene rings is 3. The Kier molecular flexibility index (Phi) is 6.62. The standard InChI is InChI=1S/C30H28N2O2S/c1-3-34-15-14-32-27-12-10-22(26(31)19-21-8-5-4-7-20(21)2)17-24(27)25-18-23(11-13-28(25)32)30(33)29-9-6-16-35-29/h4-13,16-18,31H,3,14-15,19H2,1-2H3. The van der Waals surface area contributed by atoms with Crippen molar-refractivity contribution in [1.82, 2.24) is 4.57 Å². The van der Waals surface area contributed by atoms with Gasteiger partial charge in [0.15, 0.2) is 0 Å². The number of hydrogen-bond donors (Lipinski definition) is 1. The maximum atomic E-state index is 13.1. The number of nitrogens with zero attached hydrogens (tertiary/aromatic N) is 1. The van der Waals surface area contributed by atoms with Crippen LogP contribution in [-0.4, -0.2) is 29.3 Å². The summed E-state index contributed by atoms with van der Waals surface area (Å²) in [7, 11) is 0. The molecular formula is C30H28N2O2S. The number of aryl methyl sites for hydroxylation is 1. The molecule has 35 heavy (non-hydrogen) atoms. The van der Waals surface area contributed by atoms with E-state index in [1.165, 1.54) is 22.5 Å². The third-order valence-electron chi connectivity index (χ3n) is 6.51. The zero-order valence-corrected chi connectivity index (χ0v) is 20.8. The molecule has 176 valence electrons. The van der Waals surface area contributed by atoms with Crippen molar-refractivity contribution in [3.05, 3.63) is 105 Å². The molecule has 0 aliphatic rings. The fourth-order valence-electron chi connectivity index (χ4n) is 4.63. The van der Waals surface area contributed by atoms with Crippen LogP contribution in [0.3, 0.4) is 0 Å². The molecule has 5 aromatic rings. The van der Waals surface area contributed by atoms with Crippen molar-refractivity contribution < 1.29 is 9.53 Å². The minimum Gasteiger partial charge on any atom is -0.380 e. The van der Waals surface area contributed by atoms with Gasteiger partial charge in [-0.05, 0) is 72.3 Å². The molecule has 5 heteroatoms. The van der Waals surface area contributed by atoms with Gasteiger partial charge in [-0.1, -0.05) is 36.4 Å². The van der Waals surface area contributed by atoms with Crippen molar-refractivity contribution in [2.24, 2.45) is 0 Å². The number of fused-ring (bicyclic) bond motifs is 3. The lowest BCUT2D eigenvalue weighted by Crippen LogP contribution is -2.06. The van der Waals surface area contributed by atoms with Crippen LogP contribution in [0, 0.1) is 12.3 Å². The highest BCUT2D eigenvalue weighted by Gasteiger charge is 2.17. The summed E-state index contributed by atoms with van der Waals surface area (Å²) >= 11 is 1.46. The molecule has 0 unspecified atom stereocenters. The Balaban J connectivity index is 1.60. The summed E-state index contributed by atoms with van der Waals surface area (Å²) in [5.41, 5.74) is 6.70. The topological polar surface area (TPSA) is 55.1 Å². The van der Waals surface area contributed by atoms with Gasteiger partial charge in [-0.25, -0.2) is 0 Å². The molecule has 0 radical (unpaired) electrons. The van der Waals surface area contributed by atoms with Crippen molar-refractivity contribution in [2.75, 3.05) is 13.2 Å². The smallest absolute Gasteiger partial charge is 0.202 e. The summed E-state index contributed by atoms with van der Waals surface area (Å²) in [6.45, 7) is 6.11. The van der Waals surface area contributed by atoms with Gasteiger partial charge in [0.1, 0.15) is 0 Å². The average molecular weight is 481 g/mol. The summed E-state index contributed by atoms with van der Waals surface area (Å²) in [6, 6.07) is 24.2. The molecule has 0 aliphatic carbocycles. The number of carbonyl (C=O) groups is 1. The van der Waals surface area contributed by atoms with Gasteiger partial charge >= 0.3 is 0 Å². The number of nitrogens with one attached hydrogen (secondary N) is 1. The number of carbonyl (C=O) groups excluding carboxylic acids is 1. The SMILES string of the molecule is CCOCCn1c2ccc(C(=N)Cc3ccccc3C)cc2c2cc(C(=O)c3cccs3)ccc21. The second kappa shape index (κ2) is 9.98. The Morgan fingerprint density at radius 1 is 0.943 bits per heavy atom. The Morgan fingerprint density at radius 3 is 2.34 bits per heavy atom. The minimum atomic E-state index is 0.0422. The molecule has 4 nitrogen and oxygen atoms in total. The summed E-state index contributed by atoms with van der Waals surface area (Å²) < 4.78 is 7.91. The number of ether oxygens (including phenoxy) is 1. The Hall–Kier alpha value is -3.54. The van der Waals surface area contributed by atoms with Crippen molar-refractivity contribution in [3.63, 3.8) is 0 Å². The van der Waals surface area contributed by atoms with Crippen LogP contribution >= 0.6 is 11.3 Å². The zero-order chi connectivity index (χ0) is 24.4. The van der Waals surface area contributed by atoms with Crippen molar-refractivity contribution in [1.29, 1.82) is 5.41 Å². The van der Waals surface area contributed by atoms with Crippen LogP contribution in [0.1, 0.15) is 38.8 Å². The van der Waals surface area contributed by atoms with Crippen LogP contribution in [0.4, 0.5) is 0 Å². The molecule has 0 amide bonds.